The van der Waals surface area contributed by atoms with Crippen molar-refractivity contribution in [3.05, 3.63) is 63.3 Å². The Labute approximate surface area is 265 Å². The first-order valence-corrected chi connectivity index (χ1v) is 14.6. The minimum atomic E-state index is -1.38. The average molecular weight is 630 g/mol. The number of anilines is 1. The molecule has 2 amide bonds. The van der Waals surface area contributed by atoms with Crippen LogP contribution in [-0.2, 0) is 19.1 Å². The molecule has 1 saturated carbocycles. The SMILES string of the molecule is [C-]#[N+]c1c(NC(C)=O)[nH]c(/C=C2\N=C(NC(C)=O)C(C(=O)OC3C(C)CC(C)CC3C)=C2C)c1-c1cc(C(=O)O)cc(C(=O)O)c1. The smallest absolute Gasteiger partial charge is 0.342 e. The van der Waals surface area contributed by atoms with Crippen LogP contribution in [0.2, 0.25) is 0 Å². The topological polar surface area (TPSA) is 192 Å². The molecule has 0 spiro atoms. The number of aromatic carboxylic acids is 2. The number of carbonyl (C=O) groups excluding carboxylic acids is 3. The fourth-order valence-corrected chi connectivity index (χ4v) is 6.27. The number of amides is 2. The van der Waals surface area contributed by atoms with Crippen molar-refractivity contribution in [2.75, 3.05) is 5.32 Å². The molecule has 1 aliphatic heterocycles. The summed E-state index contributed by atoms with van der Waals surface area (Å²) in [5, 5.41) is 24.4. The van der Waals surface area contributed by atoms with Crippen LogP contribution in [0.25, 0.3) is 22.0 Å². The van der Waals surface area contributed by atoms with Crippen molar-refractivity contribution in [2.45, 2.75) is 60.5 Å². The van der Waals surface area contributed by atoms with Gasteiger partial charge in [0.2, 0.25) is 17.5 Å². The van der Waals surface area contributed by atoms with Gasteiger partial charge in [0.15, 0.2) is 0 Å². The predicted molar refractivity (Wildman–Crippen MR) is 169 cm³/mol. The first-order chi connectivity index (χ1) is 21.6. The molecule has 1 fully saturated rings. The number of carboxylic acid groups (broad SMARTS) is 2. The predicted octanol–water partition coefficient (Wildman–Crippen LogP) is 5.41. The number of allylic oxidation sites excluding steroid dienone is 1. The van der Waals surface area contributed by atoms with Crippen LogP contribution in [0.1, 0.15) is 80.8 Å². The maximum Gasteiger partial charge on any atom is 0.342 e. The van der Waals surface area contributed by atoms with Crippen molar-refractivity contribution in [3.8, 4) is 11.1 Å². The van der Waals surface area contributed by atoms with Gasteiger partial charge in [-0.1, -0.05) is 20.8 Å². The normalized spacial score (nSPS) is 21.8. The molecule has 0 saturated heterocycles. The van der Waals surface area contributed by atoms with Gasteiger partial charge in [-0.2, -0.15) is 0 Å². The second-order valence-electron chi connectivity index (χ2n) is 11.9. The number of hydrogen-bond donors (Lipinski definition) is 5. The molecule has 13 heteroatoms. The van der Waals surface area contributed by atoms with E-state index < -0.39 is 29.7 Å². The zero-order valence-corrected chi connectivity index (χ0v) is 26.3. The lowest BCUT2D eigenvalue weighted by Crippen LogP contribution is -2.39. The number of carboxylic acids is 2. The summed E-state index contributed by atoms with van der Waals surface area (Å²) in [6.07, 6.45) is 2.94. The molecule has 2 unspecified atom stereocenters. The van der Waals surface area contributed by atoms with Crippen molar-refractivity contribution >= 4 is 53.1 Å². The summed E-state index contributed by atoms with van der Waals surface area (Å²) in [6.45, 7) is 18.2. The fourth-order valence-electron chi connectivity index (χ4n) is 6.27. The number of amidine groups is 1. The summed E-state index contributed by atoms with van der Waals surface area (Å²) in [5.41, 5.74) is 0.165. The minimum Gasteiger partial charge on any atom is -0.478 e. The Morgan fingerprint density at radius 2 is 1.54 bits per heavy atom. The van der Waals surface area contributed by atoms with E-state index in [2.05, 4.69) is 32.4 Å². The number of hydrogen-bond acceptors (Lipinski definition) is 7. The van der Waals surface area contributed by atoms with Gasteiger partial charge in [0, 0.05) is 25.1 Å². The highest BCUT2D eigenvalue weighted by molar-refractivity contribution is 6.25. The van der Waals surface area contributed by atoms with Crippen LogP contribution in [0.4, 0.5) is 11.5 Å². The van der Waals surface area contributed by atoms with Gasteiger partial charge in [-0.15, -0.1) is 0 Å². The number of H-pyrrole nitrogens is 1. The van der Waals surface area contributed by atoms with E-state index in [-0.39, 0.29) is 74.5 Å². The highest BCUT2D eigenvalue weighted by atomic mass is 16.5. The molecular weight excluding hydrogens is 594 g/mol. The minimum absolute atomic E-state index is 0.0122. The van der Waals surface area contributed by atoms with Gasteiger partial charge < -0.3 is 30.6 Å². The first-order valence-electron chi connectivity index (χ1n) is 14.6. The van der Waals surface area contributed by atoms with E-state index >= 15 is 0 Å². The van der Waals surface area contributed by atoms with Crippen LogP contribution in [0.15, 0.2) is 40.0 Å². The molecule has 1 aromatic heterocycles. The number of ether oxygens (including phenoxy) is 1. The average Bonchev–Trinajstić information content (AvgIpc) is 3.44. The van der Waals surface area contributed by atoms with Crippen molar-refractivity contribution in [1.29, 1.82) is 0 Å². The molecule has 4 rings (SSSR count). The molecule has 2 heterocycles. The van der Waals surface area contributed by atoms with E-state index in [4.69, 9.17) is 11.3 Å². The van der Waals surface area contributed by atoms with Gasteiger partial charge in [0.05, 0.1) is 23.4 Å². The third-order valence-corrected chi connectivity index (χ3v) is 8.05. The van der Waals surface area contributed by atoms with Crippen LogP contribution in [0.5, 0.6) is 0 Å². The monoisotopic (exact) mass is 629 g/mol. The lowest BCUT2D eigenvalue weighted by atomic mass is 9.75. The Hall–Kier alpha value is -5.51. The van der Waals surface area contributed by atoms with Gasteiger partial charge in [-0.3, -0.25) is 9.59 Å². The van der Waals surface area contributed by atoms with E-state index in [0.29, 0.717) is 11.5 Å². The molecule has 2 atom stereocenters. The molecule has 0 bridgehead atoms. The summed E-state index contributed by atoms with van der Waals surface area (Å²) < 4.78 is 6.02. The molecule has 46 heavy (non-hydrogen) atoms. The Balaban J connectivity index is 1.90. The summed E-state index contributed by atoms with van der Waals surface area (Å²) in [6, 6.07) is 3.42. The maximum atomic E-state index is 13.7. The Bertz CT molecular complexity index is 1750. The number of carbonyl (C=O) groups is 5. The Morgan fingerprint density at radius 1 is 0.978 bits per heavy atom. The summed E-state index contributed by atoms with van der Waals surface area (Å²) >= 11 is 0. The number of nitrogens with one attached hydrogen (secondary N) is 3. The standard InChI is InChI=1S/C33H35N5O8/c1-14-8-15(2)28(16(3)9-14)46-33(45)25-17(4)23(37-29(25)35-18(5)39)13-24-26(27(34-7)30(38-24)36-19(6)40)20-10-21(31(41)42)12-22(11-20)32(43)44/h10-16,28,38H,8-9H2,1-6H3,(H,36,40)(H,41,42)(H,43,44)(H,35,37,39)/b23-13-. The molecule has 1 aromatic carbocycles. The van der Waals surface area contributed by atoms with Crippen LogP contribution in [0.3, 0.4) is 0 Å². The Morgan fingerprint density at radius 3 is 2.04 bits per heavy atom. The van der Waals surface area contributed by atoms with E-state index in [1.165, 1.54) is 32.1 Å². The van der Waals surface area contributed by atoms with Gasteiger partial charge in [-0.25, -0.2) is 24.2 Å². The number of aliphatic imine (C=N–C) groups is 1. The van der Waals surface area contributed by atoms with E-state index in [9.17, 15) is 34.2 Å². The molecule has 5 N–H and O–H groups in total. The summed E-state index contributed by atoms with van der Waals surface area (Å²) in [5.74, 6) is -3.68. The molecule has 1 aliphatic carbocycles. The third kappa shape index (κ3) is 6.91. The van der Waals surface area contributed by atoms with E-state index in [0.717, 1.165) is 18.9 Å². The molecule has 2 aliphatic rings. The van der Waals surface area contributed by atoms with Crippen LogP contribution in [-0.4, -0.2) is 56.9 Å². The number of benzene rings is 1. The first kappa shape index (κ1) is 33.4. The van der Waals surface area contributed by atoms with Crippen molar-refractivity contribution in [2.24, 2.45) is 22.7 Å². The van der Waals surface area contributed by atoms with Gasteiger partial charge in [0.1, 0.15) is 23.3 Å². The van der Waals surface area contributed by atoms with Gasteiger partial charge >= 0.3 is 17.9 Å². The second kappa shape index (κ2) is 13.2. The van der Waals surface area contributed by atoms with Crippen molar-refractivity contribution in [1.82, 2.24) is 10.3 Å². The molecular formula is C33H35N5O8. The highest BCUT2D eigenvalue weighted by Crippen LogP contribution is 2.43. The third-order valence-electron chi connectivity index (χ3n) is 8.05. The molecule has 2 aromatic rings. The second-order valence-corrected chi connectivity index (χ2v) is 11.9. The molecule has 240 valence electrons. The van der Waals surface area contributed by atoms with Crippen molar-refractivity contribution in [3.63, 3.8) is 0 Å². The van der Waals surface area contributed by atoms with Crippen molar-refractivity contribution < 1.29 is 38.9 Å². The highest BCUT2D eigenvalue weighted by Gasteiger charge is 2.37. The van der Waals surface area contributed by atoms with Crippen LogP contribution in [0, 0.1) is 24.3 Å². The number of aromatic nitrogens is 1. The summed E-state index contributed by atoms with van der Waals surface area (Å²) in [4.78, 5) is 72.5. The molecule has 13 nitrogen and oxygen atoms in total. The molecule has 0 radical (unpaired) electrons. The number of esters is 1. The van der Waals surface area contributed by atoms with Crippen LogP contribution >= 0.6 is 0 Å². The lowest BCUT2D eigenvalue weighted by molar-refractivity contribution is -0.152. The summed E-state index contributed by atoms with van der Waals surface area (Å²) in [7, 11) is 0. The van der Waals surface area contributed by atoms with Crippen LogP contribution < -0.4 is 10.6 Å². The van der Waals surface area contributed by atoms with E-state index in [1.54, 1.807) is 6.92 Å². The zero-order chi connectivity index (χ0) is 34.0. The maximum absolute atomic E-state index is 13.7. The number of rotatable bonds is 7. The largest absolute Gasteiger partial charge is 0.478 e. The zero-order valence-electron chi connectivity index (χ0n) is 26.3. The Kier molecular flexibility index (Phi) is 9.60. The fraction of sp³-hybridized carbons (Fsp3) is 0.364. The number of aromatic amines is 1. The van der Waals surface area contributed by atoms with E-state index in [1.807, 2.05) is 13.8 Å². The van der Waals surface area contributed by atoms with Gasteiger partial charge in [-0.05, 0) is 72.9 Å². The lowest BCUT2D eigenvalue weighted by Gasteiger charge is -2.37. The quantitative estimate of drug-likeness (QED) is 0.198. The number of nitrogens with zero attached hydrogens (tertiary/aromatic N) is 2. The van der Waals surface area contributed by atoms with Gasteiger partial charge in [0.25, 0.3) is 0 Å².